The van der Waals surface area contributed by atoms with E-state index in [0.717, 1.165) is 25.4 Å². The van der Waals surface area contributed by atoms with Crippen molar-refractivity contribution in [3.05, 3.63) is 35.4 Å². The zero-order valence-electron chi connectivity index (χ0n) is 14.2. The molecule has 1 fully saturated rings. The molecule has 0 radical (unpaired) electrons. The molecule has 1 aromatic carbocycles. The molecule has 1 N–H and O–H groups in total. The quantitative estimate of drug-likeness (QED) is 0.855. The fourth-order valence-corrected chi connectivity index (χ4v) is 3.29. The predicted octanol–water partition coefficient (Wildman–Crippen LogP) is 3.85. The molecule has 1 heterocycles. The normalized spacial score (nSPS) is 23.7. The van der Waals surface area contributed by atoms with E-state index in [1.165, 1.54) is 30.5 Å². The number of hydrogen-bond donors (Lipinski definition) is 1. The van der Waals surface area contributed by atoms with E-state index in [9.17, 15) is 0 Å². The molecule has 1 aliphatic heterocycles. The molecule has 0 saturated carbocycles. The SMILES string of the molecule is CCc1ccc(CN2CC(CC)NCC2CC(C)C)cc1. The van der Waals surface area contributed by atoms with Gasteiger partial charge in [0.2, 0.25) is 0 Å². The summed E-state index contributed by atoms with van der Waals surface area (Å²) >= 11 is 0. The van der Waals surface area contributed by atoms with Gasteiger partial charge in [0.25, 0.3) is 0 Å². The van der Waals surface area contributed by atoms with Gasteiger partial charge in [-0.15, -0.1) is 0 Å². The molecular formula is C19H32N2. The first-order chi connectivity index (χ1) is 10.1. The second-order valence-electron chi connectivity index (χ2n) is 6.90. The Morgan fingerprint density at radius 3 is 2.38 bits per heavy atom. The molecule has 2 heteroatoms. The van der Waals surface area contributed by atoms with Crippen LogP contribution in [0.1, 0.15) is 51.7 Å². The third-order valence-corrected chi connectivity index (χ3v) is 4.67. The summed E-state index contributed by atoms with van der Waals surface area (Å²) in [6.45, 7) is 12.6. The summed E-state index contributed by atoms with van der Waals surface area (Å²) in [7, 11) is 0. The molecule has 21 heavy (non-hydrogen) atoms. The van der Waals surface area contributed by atoms with E-state index >= 15 is 0 Å². The maximum Gasteiger partial charge on any atom is 0.0237 e. The third-order valence-electron chi connectivity index (χ3n) is 4.67. The van der Waals surface area contributed by atoms with Crippen LogP contribution >= 0.6 is 0 Å². The Balaban J connectivity index is 2.03. The van der Waals surface area contributed by atoms with Gasteiger partial charge in [-0.2, -0.15) is 0 Å². The molecule has 1 saturated heterocycles. The van der Waals surface area contributed by atoms with Crippen molar-refractivity contribution in [2.24, 2.45) is 5.92 Å². The van der Waals surface area contributed by atoms with Gasteiger partial charge in [0.15, 0.2) is 0 Å². The van der Waals surface area contributed by atoms with Crippen molar-refractivity contribution in [1.29, 1.82) is 0 Å². The summed E-state index contributed by atoms with van der Waals surface area (Å²) in [5.74, 6) is 0.764. The molecule has 1 aliphatic rings. The second-order valence-corrected chi connectivity index (χ2v) is 6.90. The number of hydrogen-bond acceptors (Lipinski definition) is 2. The maximum atomic E-state index is 3.72. The highest BCUT2D eigenvalue weighted by atomic mass is 15.2. The van der Waals surface area contributed by atoms with E-state index < -0.39 is 0 Å². The van der Waals surface area contributed by atoms with Crippen LogP contribution in [0, 0.1) is 5.92 Å². The average Bonchev–Trinajstić information content (AvgIpc) is 2.49. The molecule has 2 rings (SSSR count). The number of piperazine rings is 1. The smallest absolute Gasteiger partial charge is 0.0237 e. The zero-order valence-corrected chi connectivity index (χ0v) is 14.2. The van der Waals surface area contributed by atoms with Crippen molar-refractivity contribution in [1.82, 2.24) is 10.2 Å². The minimum atomic E-state index is 0.656. The van der Waals surface area contributed by atoms with Gasteiger partial charge in [-0.1, -0.05) is 52.0 Å². The summed E-state index contributed by atoms with van der Waals surface area (Å²) in [5.41, 5.74) is 2.89. The van der Waals surface area contributed by atoms with E-state index in [2.05, 4.69) is 62.2 Å². The van der Waals surface area contributed by atoms with E-state index in [4.69, 9.17) is 0 Å². The maximum absolute atomic E-state index is 3.72. The molecule has 0 bridgehead atoms. The first-order valence-corrected chi connectivity index (χ1v) is 8.67. The number of nitrogens with zero attached hydrogens (tertiary/aromatic N) is 1. The lowest BCUT2D eigenvalue weighted by molar-refractivity contribution is 0.105. The topological polar surface area (TPSA) is 15.3 Å². The Kier molecular flexibility index (Phi) is 6.25. The lowest BCUT2D eigenvalue weighted by Gasteiger charge is -2.41. The Bertz CT molecular complexity index is 410. The molecule has 1 aromatic rings. The van der Waals surface area contributed by atoms with Gasteiger partial charge in [0, 0.05) is 31.7 Å². The van der Waals surface area contributed by atoms with Gasteiger partial charge in [0.1, 0.15) is 0 Å². The van der Waals surface area contributed by atoms with Crippen LogP contribution in [0.2, 0.25) is 0 Å². The van der Waals surface area contributed by atoms with Crippen LogP contribution in [0.5, 0.6) is 0 Å². The molecule has 2 unspecified atom stereocenters. The summed E-state index contributed by atoms with van der Waals surface area (Å²) in [6.07, 6.45) is 3.64. The highest BCUT2D eigenvalue weighted by molar-refractivity contribution is 5.22. The number of aryl methyl sites for hydroxylation is 1. The van der Waals surface area contributed by atoms with Crippen LogP contribution < -0.4 is 5.32 Å². The highest BCUT2D eigenvalue weighted by Crippen LogP contribution is 2.19. The standard InChI is InChI=1S/C19H32N2/c1-5-16-7-9-17(10-8-16)13-21-14-18(6-2)20-12-19(21)11-15(3)4/h7-10,15,18-20H,5-6,11-14H2,1-4H3. The lowest BCUT2D eigenvalue weighted by atomic mass is 9.97. The fraction of sp³-hybridized carbons (Fsp3) is 0.684. The number of rotatable bonds is 6. The van der Waals surface area contributed by atoms with Gasteiger partial charge in [-0.3, -0.25) is 4.90 Å². The van der Waals surface area contributed by atoms with Crippen molar-refractivity contribution in [2.75, 3.05) is 13.1 Å². The van der Waals surface area contributed by atoms with Gasteiger partial charge in [-0.05, 0) is 36.3 Å². The van der Waals surface area contributed by atoms with Crippen LogP contribution in [-0.4, -0.2) is 30.1 Å². The molecule has 0 amide bonds. The van der Waals surface area contributed by atoms with Crippen LogP contribution in [0.15, 0.2) is 24.3 Å². The van der Waals surface area contributed by atoms with Crippen molar-refractivity contribution in [3.8, 4) is 0 Å². The minimum Gasteiger partial charge on any atom is -0.311 e. The first kappa shape index (κ1) is 16.5. The van der Waals surface area contributed by atoms with Crippen molar-refractivity contribution in [2.45, 2.75) is 65.6 Å². The molecule has 2 nitrogen and oxygen atoms in total. The summed E-state index contributed by atoms with van der Waals surface area (Å²) in [4.78, 5) is 2.70. The van der Waals surface area contributed by atoms with Crippen molar-refractivity contribution in [3.63, 3.8) is 0 Å². The second kappa shape index (κ2) is 7.95. The largest absolute Gasteiger partial charge is 0.311 e. The Labute approximate surface area is 130 Å². The van der Waals surface area contributed by atoms with Gasteiger partial charge in [0.05, 0.1) is 0 Å². The molecule has 0 aliphatic carbocycles. The van der Waals surface area contributed by atoms with E-state index in [-0.39, 0.29) is 0 Å². The highest BCUT2D eigenvalue weighted by Gasteiger charge is 2.27. The molecular weight excluding hydrogens is 256 g/mol. The van der Waals surface area contributed by atoms with E-state index in [0.29, 0.717) is 12.1 Å². The zero-order chi connectivity index (χ0) is 15.2. The Hall–Kier alpha value is -0.860. The fourth-order valence-electron chi connectivity index (χ4n) is 3.29. The van der Waals surface area contributed by atoms with Crippen LogP contribution in [-0.2, 0) is 13.0 Å². The first-order valence-electron chi connectivity index (χ1n) is 8.67. The van der Waals surface area contributed by atoms with Crippen LogP contribution in [0.4, 0.5) is 0 Å². The monoisotopic (exact) mass is 288 g/mol. The van der Waals surface area contributed by atoms with Gasteiger partial charge < -0.3 is 5.32 Å². The third kappa shape index (κ3) is 4.82. The van der Waals surface area contributed by atoms with Gasteiger partial charge in [-0.25, -0.2) is 0 Å². The van der Waals surface area contributed by atoms with E-state index in [1.54, 1.807) is 0 Å². The van der Waals surface area contributed by atoms with Crippen molar-refractivity contribution >= 4 is 0 Å². The molecule has 0 aromatic heterocycles. The minimum absolute atomic E-state index is 0.656. The molecule has 118 valence electrons. The average molecular weight is 288 g/mol. The molecule has 0 spiro atoms. The summed E-state index contributed by atoms with van der Waals surface area (Å²) < 4.78 is 0. The number of nitrogens with one attached hydrogen (secondary N) is 1. The van der Waals surface area contributed by atoms with Crippen molar-refractivity contribution < 1.29 is 0 Å². The van der Waals surface area contributed by atoms with E-state index in [1.807, 2.05) is 0 Å². The molecule has 2 atom stereocenters. The summed E-state index contributed by atoms with van der Waals surface area (Å²) in [5, 5.41) is 3.72. The Morgan fingerprint density at radius 2 is 1.81 bits per heavy atom. The van der Waals surface area contributed by atoms with Crippen LogP contribution in [0.25, 0.3) is 0 Å². The predicted molar refractivity (Wildman–Crippen MR) is 91.6 cm³/mol. The lowest BCUT2D eigenvalue weighted by Crippen LogP contribution is -2.56. The summed E-state index contributed by atoms with van der Waals surface area (Å²) in [6, 6.07) is 10.5. The van der Waals surface area contributed by atoms with Crippen LogP contribution in [0.3, 0.4) is 0 Å². The Morgan fingerprint density at radius 1 is 1.14 bits per heavy atom. The van der Waals surface area contributed by atoms with Gasteiger partial charge >= 0.3 is 0 Å². The number of benzene rings is 1.